The van der Waals surface area contributed by atoms with Gasteiger partial charge in [0.25, 0.3) is 0 Å². The van der Waals surface area contributed by atoms with Gasteiger partial charge in [0.05, 0.1) is 0 Å². The van der Waals surface area contributed by atoms with E-state index in [9.17, 15) is 0 Å². The maximum Gasteiger partial charge on any atom is 0.243 e. The van der Waals surface area contributed by atoms with Gasteiger partial charge in [-0.15, -0.1) is 10.2 Å². The molecule has 0 aliphatic heterocycles. The molecule has 4 heterocycles. The number of pyridine rings is 1. The van der Waals surface area contributed by atoms with E-state index in [1.54, 1.807) is 35.1 Å². The molecule has 5 nitrogen and oxygen atoms in total. The molecule has 0 spiro atoms. The number of anilines is 1. The number of hydrogen-bond acceptors (Lipinski definition) is 7. The fraction of sp³-hybridized carbons (Fsp3) is 0.111. The predicted molar refractivity (Wildman–Crippen MR) is 103 cm³/mol. The van der Waals surface area contributed by atoms with Crippen LogP contribution >= 0.6 is 22.7 Å². The van der Waals surface area contributed by atoms with Gasteiger partial charge in [0.2, 0.25) is 5.95 Å². The van der Waals surface area contributed by atoms with E-state index in [1.165, 1.54) is 5.56 Å². The van der Waals surface area contributed by atoms with E-state index in [1.807, 2.05) is 29.0 Å². The molecule has 124 valence electrons. The lowest BCUT2D eigenvalue weighted by Crippen LogP contribution is -2.10. The summed E-state index contributed by atoms with van der Waals surface area (Å²) in [4.78, 5) is 8.75. The molecule has 1 N–H and O–H groups in total. The van der Waals surface area contributed by atoms with Crippen LogP contribution in [0.4, 0.5) is 5.95 Å². The molecule has 0 radical (unpaired) electrons. The second kappa shape index (κ2) is 7.50. The SMILES string of the molecule is c1cc(CCNc2nnc(-c3ccsc3)c(-c3ccsc3)n2)ccn1. The highest BCUT2D eigenvalue weighted by Gasteiger charge is 2.14. The molecule has 0 fully saturated rings. The Morgan fingerprint density at radius 3 is 2.24 bits per heavy atom. The highest BCUT2D eigenvalue weighted by atomic mass is 32.1. The number of nitrogens with zero attached hydrogens (tertiary/aromatic N) is 4. The van der Waals surface area contributed by atoms with Gasteiger partial charge in [0, 0.05) is 40.8 Å². The van der Waals surface area contributed by atoms with Crippen molar-refractivity contribution in [2.75, 3.05) is 11.9 Å². The molecule has 0 aliphatic rings. The highest BCUT2D eigenvalue weighted by Crippen LogP contribution is 2.31. The first kappa shape index (κ1) is 15.9. The van der Waals surface area contributed by atoms with Crippen LogP contribution in [0, 0.1) is 0 Å². The van der Waals surface area contributed by atoms with Crippen LogP contribution in [0.2, 0.25) is 0 Å². The van der Waals surface area contributed by atoms with E-state index in [-0.39, 0.29) is 0 Å². The second-order valence-corrected chi connectivity index (χ2v) is 6.95. The Balaban J connectivity index is 1.56. The summed E-state index contributed by atoms with van der Waals surface area (Å²) in [6.07, 6.45) is 4.49. The molecule has 7 heteroatoms. The third-order valence-corrected chi connectivity index (χ3v) is 5.09. The molecule has 0 atom stereocenters. The van der Waals surface area contributed by atoms with Crippen LogP contribution in [0.15, 0.2) is 58.2 Å². The number of thiophene rings is 2. The van der Waals surface area contributed by atoms with Gasteiger partial charge in [-0.3, -0.25) is 4.98 Å². The molecule has 0 aliphatic carbocycles. The Kier molecular flexibility index (Phi) is 4.76. The van der Waals surface area contributed by atoms with Gasteiger partial charge in [0.15, 0.2) is 0 Å². The number of rotatable bonds is 6. The summed E-state index contributed by atoms with van der Waals surface area (Å²) in [6, 6.07) is 8.13. The van der Waals surface area contributed by atoms with Crippen molar-refractivity contribution >= 4 is 28.6 Å². The smallest absolute Gasteiger partial charge is 0.243 e. The molecule has 25 heavy (non-hydrogen) atoms. The minimum absolute atomic E-state index is 0.550. The molecule has 0 unspecified atom stereocenters. The van der Waals surface area contributed by atoms with E-state index < -0.39 is 0 Å². The lowest BCUT2D eigenvalue weighted by Gasteiger charge is -2.08. The third-order valence-electron chi connectivity index (χ3n) is 3.72. The molecule has 4 rings (SSSR count). The normalized spacial score (nSPS) is 10.7. The lowest BCUT2D eigenvalue weighted by atomic mass is 10.1. The summed E-state index contributed by atoms with van der Waals surface area (Å²) >= 11 is 3.29. The zero-order valence-corrected chi connectivity index (χ0v) is 14.9. The van der Waals surface area contributed by atoms with Gasteiger partial charge >= 0.3 is 0 Å². The Hall–Kier alpha value is -2.64. The van der Waals surface area contributed by atoms with Crippen LogP contribution in [0.25, 0.3) is 22.5 Å². The van der Waals surface area contributed by atoms with Gasteiger partial charge in [-0.1, -0.05) is 0 Å². The first-order valence-corrected chi connectivity index (χ1v) is 9.71. The van der Waals surface area contributed by atoms with Crippen molar-refractivity contribution in [3.8, 4) is 22.5 Å². The van der Waals surface area contributed by atoms with E-state index in [0.29, 0.717) is 5.95 Å². The van der Waals surface area contributed by atoms with Gasteiger partial charge < -0.3 is 5.32 Å². The summed E-state index contributed by atoms with van der Waals surface area (Å²) in [5, 5.41) is 20.2. The zero-order valence-electron chi connectivity index (χ0n) is 13.3. The monoisotopic (exact) mass is 365 g/mol. The summed E-state index contributed by atoms with van der Waals surface area (Å²) in [5.41, 5.74) is 5.02. The topological polar surface area (TPSA) is 63.6 Å². The lowest BCUT2D eigenvalue weighted by molar-refractivity contribution is 0.932. The molecule has 0 amide bonds. The van der Waals surface area contributed by atoms with Crippen LogP contribution in [0.5, 0.6) is 0 Å². The molecule has 0 bridgehead atoms. The van der Waals surface area contributed by atoms with Gasteiger partial charge in [-0.05, 0) is 47.0 Å². The van der Waals surface area contributed by atoms with Crippen LogP contribution in [0.1, 0.15) is 5.56 Å². The zero-order chi connectivity index (χ0) is 16.9. The summed E-state index contributed by atoms with van der Waals surface area (Å²) < 4.78 is 0. The minimum Gasteiger partial charge on any atom is -0.353 e. The third kappa shape index (κ3) is 3.72. The van der Waals surface area contributed by atoms with Crippen molar-refractivity contribution in [2.24, 2.45) is 0 Å². The standard InChI is InChI=1S/C18H15N5S2/c1-6-19-7-2-13(1)3-8-20-18-21-16(14-4-9-24-11-14)17(22-23-18)15-5-10-25-12-15/h1-2,4-7,9-12H,3,8H2,(H,20,21,23). The average Bonchev–Trinajstić information content (AvgIpc) is 3.36. The van der Waals surface area contributed by atoms with Crippen LogP contribution in [0.3, 0.4) is 0 Å². The summed E-state index contributed by atoms with van der Waals surface area (Å²) in [5.74, 6) is 0.550. The van der Waals surface area contributed by atoms with Crippen molar-refractivity contribution in [1.29, 1.82) is 0 Å². The first-order chi connectivity index (χ1) is 12.4. The first-order valence-electron chi connectivity index (χ1n) is 7.83. The Labute approximate surface area is 153 Å². The summed E-state index contributed by atoms with van der Waals surface area (Å²) in [7, 11) is 0. The highest BCUT2D eigenvalue weighted by molar-refractivity contribution is 7.08. The van der Waals surface area contributed by atoms with Crippen molar-refractivity contribution in [3.63, 3.8) is 0 Å². The molecule has 0 saturated heterocycles. The van der Waals surface area contributed by atoms with Crippen LogP contribution in [-0.4, -0.2) is 26.7 Å². The van der Waals surface area contributed by atoms with Gasteiger partial charge in [0.1, 0.15) is 11.4 Å². The Bertz CT molecular complexity index is 922. The van der Waals surface area contributed by atoms with Crippen LogP contribution < -0.4 is 5.32 Å². The van der Waals surface area contributed by atoms with E-state index >= 15 is 0 Å². The molecule has 4 aromatic rings. The molecule has 0 aromatic carbocycles. The van der Waals surface area contributed by atoms with Crippen molar-refractivity contribution in [2.45, 2.75) is 6.42 Å². The van der Waals surface area contributed by atoms with Crippen LogP contribution in [-0.2, 0) is 6.42 Å². The van der Waals surface area contributed by atoms with Gasteiger partial charge in [-0.2, -0.15) is 22.7 Å². The van der Waals surface area contributed by atoms with E-state index in [2.05, 4.69) is 37.3 Å². The maximum absolute atomic E-state index is 4.72. The largest absolute Gasteiger partial charge is 0.353 e. The fourth-order valence-electron chi connectivity index (χ4n) is 2.46. The van der Waals surface area contributed by atoms with Crippen molar-refractivity contribution in [3.05, 3.63) is 63.7 Å². The number of nitrogens with one attached hydrogen (secondary N) is 1. The quantitative estimate of drug-likeness (QED) is 0.549. The molecule has 4 aromatic heterocycles. The molecular formula is C18H15N5S2. The minimum atomic E-state index is 0.550. The fourth-order valence-corrected chi connectivity index (χ4v) is 3.74. The van der Waals surface area contributed by atoms with E-state index in [4.69, 9.17) is 4.98 Å². The van der Waals surface area contributed by atoms with Gasteiger partial charge in [-0.25, -0.2) is 4.98 Å². The molecule has 0 saturated carbocycles. The molecular weight excluding hydrogens is 350 g/mol. The second-order valence-electron chi connectivity index (χ2n) is 5.39. The maximum atomic E-state index is 4.72. The van der Waals surface area contributed by atoms with E-state index in [0.717, 1.165) is 35.5 Å². The Morgan fingerprint density at radius 2 is 1.56 bits per heavy atom. The number of aromatic nitrogens is 4. The van der Waals surface area contributed by atoms with Crippen molar-refractivity contribution in [1.82, 2.24) is 20.2 Å². The van der Waals surface area contributed by atoms with Crippen molar-refractivity contribution < 1.29 is 0 Å². The Morgan fingerprint density at radius 1 is 0.840 bits per heavy atom. The predicted octanol–water partition coefficient (Wildman–Crippen LogP) is 4.38. The summed E-state index contributed by atoms with van der Waals surface area (Å²) in [6.45, 7) is 0.743. The number of hydrogen-bond donors (Lipinski definition) is 1. The average molecular weight is 365 g/mol.